The minimum Gasteiger partial charge on any atom is -0.468 e. The summed E-state index contributed by atoms with van der Waals surface area (Å²) in [4.78, 5) is 14.3. The predicted octanol–water partition coefficient (Wildman–Crippen LogP) is 2.85. The number of rotatable bonds is 7. The summed E-state index contributed by atoms with van der Waals surface area (Å²) >= 11 is 0. The van der Waals surface area contributed by atoms with Gasteiger partial charge in [-0.1, -0.05) is 35.9 Å². The molecule has 2 aromatic rings. The van der Waals surface area contributed by atoms with E-state index < -0.39 is 25.8 Å². The minimum atomic E-state index is -4.12. The summed E-state index contributed by atoms with van der Waals surface area (Å²) in [7, 11) is -6.06. The monoisotopic (exact) mass is 450 g/mol. The lowest BCUT2D eigenvalue weighted by Crippen LogP contribution is -2.39. The van der Waals surface area contributed by atoms with Crippen LogP contribution in [0.4, 0.5) is 0 Å². The maximum Gasteiger partial charge on any atom is 0.323 e. The van der Waals surface area contributed by atoms with Crippen molar-refractivity contribution < 1.29 is 22.2 Å². The highest BCUT2D eigenvalue weighted by atomic mass is 32.3. The third-order valence-corrected chi connectivity index (χ3v) is 9.50. The Bertz CT molecular complexity index is 1110. The van der Waals surface area contributed by atoms with Gasteiger partial charge in [-0.05, 0) is 50.6 Å². The normalized spacial score (nSPS) is 19.2. The number of aryl methyl sites for hydroxylation is 1. The van der Waals surface area contributed by atoms with Crippen molar-refractivity contribution in [1.29, 1.82) is 0 Å². The average molecular weight is 451 g/mol. The van der Waals surface area contributed by atoms with Crippen LogP contribution in [0.5, 0.6) is 0 Å². The third-order valence-electron chi connectivity index (χ3n) is 5.14. The number of hydrogen-bond acceptors (Lipinski definition) is 6. The SMILES string of the molecule is COC(=O)[C@@H]1CCCN1CCS(=O)(=NS(=O)(=O)c1ccc(C)cc1)c1ccccc1. The van der Waals surface area contributed by atoms with Crippen molar-refractivity contribution in [3.05, 3.63) is 60.2 Å². The Balaban J connectivity index is 1.96. The smallest absolute Gasteiger partial charge is 0.323 e. The molecule has 0 amide bonds. The Labute approximate surface area is 178 Å². The van der Waals surface area contributed by atoms with Crippen LogP contribution in [0.2, 0.25) is 0 Å². The number of carbonyl (C=O) groups excluding carboxylic acids is 1. The second-order valence-electron chi connectivity index (χ2n) is 7.24. The number of likely N-dealkylation sites (tertiary alicyclic amines) is 1. The van der Waals surface area contributed by atoms with Gasteiger partial charge in [-0.25, -0.2) is 4.21 Å². The number of methoxy groups -OCH3 is 1. The molecular weight excluding hydrogens is 424 g/mol. The number of carbonyl (C=O) groups is 1. The lowest BCUT2D eigenvalue weighted by Gasteiger charge is -2.23. The van der Waals surface area contributed by atoms with Crippen molar-refractivity contribution in [1.82, 2.24) is 4.90 Å². The molecule has 1 fully saturated rings. The molecule has 0 spiro atoms. The van der Waals surface area contributed by atoms with Gasteiger partial charge in [0, 0.05) is 11.4 Å². The largest absolute Gasteiger partial charge is 0.468 e. The number of sulfonamides is 1. The first-order valence-electron chi connectivity index (χ1n) is 9.70. The van der Waals surface area contributed by atoms with Crippen molar-refractivity contribution >= 4 is 25.7 Å². The zero-order valence-electron chi connectivity index (χ0n) is 17.1. The van der Waals surface area contributed by atoms with E-state index in [-0.39, 0.29) is 23.2 Å². The number of hydrogen-bond donors (Lipinski definition) is 0. The van der Waals surface area contributed by atoms with E-state index in [4.69, 9.17) is 4.74 Å². The van der Waals surface area contributed by atoms with Crippen LogP contribution in [0, 0.1) is 6.92 Å². The Kier molecular flexibility index (Phi) is 6.95. The molecule has 7 nitrogen and oxygen atoms in total. The Morgan fingerprint density at radius 2 is 1.73 bits per heavy atom. The van der Waals surface area contributed by atoms with E-state index in [2.05, 4.69) is 3.77 Å². The summed E-state index contributed by atoms with van der Waals surface area (Å²) in [6.07, 6.45) is 1.49. The standard InChI is InChI=1S/C21H26N2O5S2/c1-17-10-12-19(13-11-17)30(26,27)22-29(25,18-7-4-3-5-8-18)16-15-23-14-6-9-20(23)21(24)28-2/h3-5,7-8,10-13,20H,6,9,14-16H2,1-2H3/t20-,29?/m0/s1. The van der Waals surface area contributed by atoms with Crippen LogP contribution in [0.1, 0.15) is 18.4 Å². The molecule has 1 heterocycles. The highest BCUT2D eigenvalue weighted by Gasteiger charge is 2.32. The summed E-state index contributed by atoms with van der Waals surface area (Å²) in [5.74, 6) is -0.335. The first kappa shape index (κ1) is 22.5. The second-order valence-corrected chi connectivity index (χ2v) is 11.4. The highest BCUT2D eigenvalue weighted by molar-refractivity contribution is 8.03. The number of ether oxygens (including phenoxy) is 1. The van der Waals surface area contributed by atoms with Crippen LogP contribution < -0.4 is 0 Å². The fourth-order valence-electron chi connectivity index (χ4n) is 3.48. The molecule has 0 radical (unpaired) electrons. The molecule has 3 rings (SSSR count). The van der Waals surface area contributed by atoms with E-state index in [0.717, 1.165) is 12.0 Å². The molecule has 0 bridgehead atoms. The van der Waals surface area contributed by atoms with E-state index in [1.165, 1.54) is 19.2 Å². The Morgan fingerprint density at radius 3 is 2.37 bits per heavy atom. The van der Waals surface area contributed by atoms with Gasteiger partial charge >= 0.3 is 5.97 Å². The number of nitrogens with zero attached hydrogens (tertiary/aromatic N) is 2. The van der Waals surface area contributed by atoms with E-state index in [1.807, 2.05) is 11.8 Å². The van der Waals surface area contributed by atoms with Crippen LogP contribution in [-0.4, -0.2) is 55.5 Å². The lowest BCUT2D eigenvalue weighted by atomic mass is 10.2. The molecule has 1 aliphatic rings. The van der Waals surface area contributed by atoms with Crippen LogP contribution in [0.15, 0.2) is 68.2 Å². The fourth-order valence-corrected chi connectivity index (χ4v) is 7.52. The lowest BCUT2D eigenvalue weighted by molar-refractivity contribution is -0.145. The topological polar surface area (TPSA) is 93.1 Å². The highest BCUT2D eigenvalue weighted by Crippen LogP contribution is 2.23. The van der Waals surface area contributed by atoms with Crippen LogP contribution in [-0.2, 0) is 29.3 Å². The van der Waals surface area contributed by atoms with Crippen molar-refractivity contribution in [2.75, 3.05) is 26.0 Å². The first-order valence-corrected chi connectivity index (χ1v) is 12.8. The summed E-state index contributed by atoms with van der Waals surface area (Å²) in [6, 6.07) is 14.3. The van der Waals surface area contributed by atoms with Crippen molar-refractivity contribution in [3.63, 3.8) is 0 Å². The molecule has 1 aliphatic heterocycles. The fraction of sp³-hybridized carbons (Fsp3) is 0.381. The zero-order chi connectivity index (χ0) is 21.8. The average Bonchev–Trinajstić information content (AvgIpc) is 3.21. The zero-order valence-corrected chi connectivity index (χ0v) is 18.7. The summed E-state index contributed by atoms with van der Waals surface area (Å²) in [5, 5.41) is 0. The van der Waals surface area contributed by atoms with Crippen LogP contribution in [0.3, 0.4) is 0 Å². The van der Waals surface area contributed by atoms with E-state index >= 15 is 0 Å². The van der Waals surface area contributed by atoms with Crippen LogP contribution >= 0.6 is 0 Å². The van der Waals surface area contributed by atoms with Gasteiger partial charge in [0.05, 0.1) is 27.5 Å². The van der Waals surface area contributed by atoms with Gasteiger partial charge in [-0.15, -0.1) is 3.77 Å². The molecule has 0 aliphatic carbocycles. The quantitative estimate of drug-likeness (QED) is 0.602. The van der Waals surface area contributed by atoms with Crippen molar-refractivity contribution in [3.8, 4) is 0 Å². The van der Waals surface area contributed by atoms with E-state index in [9.17, 15) is 17.4 Å². The van der Waals surface area contributed by atoms with Gasteiger partial charge in [0.2, 0.25) is 0 Å². The molecule has 162 valence electrons. The molecule has 0 aromatic heterocycles. The maximum atomic E-state index is 13.9. The summed E-state index contributed by atoms with van der Waals surface area (Å²) in [5.41, 5.74) is 0.917. The molecular formula is C21H26N2O5S2. The van der Waals surface area contributed by atoms with Crippen LogP contribution in [0.25, 0.3) is 0 Å². The molecule has 0 N–H and O–H groups in total. The maximum absolute atomic E-state index is 13.9. The minimum absolute atomic E-state index is 0.00437. The van der Waals surface area contributed by atoms with E-state index in [0.29, 0.717) is 17.9 Å². The van der Waals surface area contributed by atoms with Gasteiger partial charge in [0.25, 0.3) is 10.0 Å². The van der Waals surface area contributed by atoms with E-state index in [1.54, 1.807) is 42.5 Å². The molecule has 2 aromatic carbocycles. The molecule has 1 saturated heterocycles. The first-order chi connectivity index (χ1) is 14.2. The van der Waals surface area contributed by atoms with Gasteiger partial charge in [0.15, 0.2) is 0 Å². The molecule has 1 unspecified atom stereocenters. The molecule has 9 heteroatoms. The summed E-state index contributed by atoms with van der Waals surface area (Å²) < 4.78 is 48.5. The van der Waals surface area contributed by atoms with Gasteiger partial charge < -0.3 is 4.74 Å². The predicted molar refractivity (Wildman–Crippen MR) is 115 cm³/mol. The number of benzene rings is 2. The van der Waals surface area contributed by atoms with Gasteiger partial charge in [-0.3, -0.25) is 9.69 Å². The molecule has 30 heavy (non-hydrogen) atoms. The third kappa shape index (κ3) is 5.08. The van der Waals surface area contributed by atoms with Gasteiger partial charge in [-0.2, -0.15) is 8.42 Å². The van der Waals surface area contributed by atoms with Crippen molar-refractivity contribution in [2.24, 2.45) is 3.77 Å². The molecule has 2 atom stereocenters. The number of esters is 1. The second kappa shape index (κ2) is 9.28. The van der Waals surface area contributed by atoms with Crippen molar-refractivity contribution in [2.45, 2.75) is 35.6 Å². The molecule has 0 saturated carbocycles. The van der Waals surface area contributed by atoms with Gasteiger partial charge in [0.1, 0.15) is 6.04 Å². The Hall–Kier alpha value is -2.23. The Morgan fingerprint density at radius 1 is 1.07 bits per heavy atom. The summed E-state index contributed by atoms with van der Waals surface area (Å²) in [6.45, 7) is 2.80.